The minimum atomic E-state index is -1.32. The van der Waals surface area contributed by atoms with E-state index in [9.17, 15) is 18.4 Å². The molecule has 1 aliphatic heterocycles. The number of aliphatic carboxylic acids is 1. The Labute approximate surface area is 114 Å². The molecule has 108 valence electrons. The van der Waals surface area contributed by atoms with Gasteiger partial charge in [0.05, 0.1) is 11.5 Å². The highest BCUT2D eigenvalue weighted by atomic mass is 19.2. The molecule has 1 aromatic rings. The van der Waals surface area contributed by atoms with Crippen LogP contribution in [0, 0.1) is 17.7 Å². The molecule has 0 bridgehead atoms. The van der Waals surface area contributed by atoms with Crippen LogP contribution in [-0.4, -0.2) is 39.5 Å². The molecule has 1 N–H and O–H groups in total. The van der Waals surface area contributed by atoms with Gasteiger partial charge in [0.15, 0.2) is 5.82 Å². The highest BCUT2D eigenvalue weighted by molar-refractivity contribution is 5.94. The number of carboxylic acid groups (broad SMARTS) is 1. The first kappa shape index (κ1) is 14.4. The molecule has 0 radical (unpaired) electrons. The zero-order valence-corrected chi connectivity index (χ0v) is 10.8. The molecule has 0 aliphatic carbocycles. The quantitative estimate of drug-likeness (QED) is 0.839. The summed E-state index contributed by atoms with van der Waals surface area (Å²) < 4.78 is 26.6. The van der Waals surface area contributed by atoms with Gasteiger partial charge in [-0.15, -0.1) is 0 Å². The van der Waals surface area contributed by atoms with Crippen LogP contribution in [0.2, 0.25) is 0 Å². The van der Waals surface area contributed by atoms with E-state index in [1.807, 2.05) is 0 Å². The van der Waals surface area contributed by atoms with Crippen LogP contribution in [-0.2, 0) is 4.79 Å². The summed E-state index contributed by atoms with van der Waals surface area (Å²) in [5.74, 6) is -4.63. The molecule has 5 nitrogen and oxygen atoms in total. The van der Waals surface area contributed by atoms with Crippen molar-refractivity contribution in [3.63, 3.8) is 0 Å². The fourth-order valence-corrected chi connectivity index (χ4v) is 2.44. The Morgan fingerprint density at radius 2 is 2.15 bits per heavy atom. The van der Waals surface area contributed by atoms with Gasteiger partial charge in [-0.05, 0) is 25.8 Å². The van der Waals surface area contributed by atoms with Gasteiger partial charge in [-0.2, -0.15) is 4.39 Å². The van der Waals surface area contributed by atoms with E-state index in [0.717, 1.165) is 12.3 Å². The lowest BCUT2D eigenvalue weighted by Crippen LogP contribution is -2.46. The largest absolute Gasteiger partial charge is 0.481 e. The predicted octanol–water partition coefficient (Wildman–Crippen LogP) is 1.69. The number of likely N-dealkylation sites (tertiary alicyclic amines) is 1. The number of hydrogen-bond donors (Lipinski definition) is 1. The molecule has 1 aromatic heterocycles. The Hall–Kier alpha value is -2.05. The molecule has 1 saturated heterocycles. The number of carbonyl (C=O) groups excluding carboxylic acids is 1. The van der Waals surface area contributed by atoms with E-state index < -0.39 is 29.6 Å². The molecule has 2 atom stereocenters. The predicted molar refractivity (Wildman–Crippen MR) is 65.0 cm³/mol. The summed E-state index contributed by atoms with van der Waals surface area (Å²) >= 11 is 0. The summed E-state index contributed by atoms with van der Waals surface area (Å²) in [5, 5.41) is 8.96. The fourth-order valence-electron chi connectivity index (χ4n) is 2.44. The van der Waals surface area contributed by atoms with E-state index in [1.54, 1.807) is 6.92 Å². The maximum absolute atomic E-state index is 13.6. The van der Waals surface area contributed by atoms with Crippen molar-refractivity contribution in [1.82, 2.24) is 9.88 Å². The Bertz CT molecular complexity index is 550. The summed E-state index contributed by atoms with van der Waals surface area (Å²) in [5.41, 5.74) is -0.377. The number of pyridine rings is 1. The SMILES string of the molecule is CC1CC(C(=O)O)CCN1C(=O)c1ccnc(F)c1F. The van der Waals surface area contributed by atoms with Gasteiger partial charge in [-0.3, -0.25) is 9.59 Å². The summed E-state index contributed by atoms with van der Waals surface area (Å²) in [6.45, 7) is 1.91. The summed E-state index contributed by atoms with van der Waals surface area (Å²) in [6, 6.07) is 0.782. The standard InChI is InChI=1S/C13H14F2N2O3/c1-7-6-8(13(19)20)3-5-17(7)12(18)9-2-4-16-11(15)10(9)14/h2,4,7-8H,3,5-6H2,1H3,(H,19,20). The van der Waals surface area contributed by atoms with Gasteiger partial charge in [0.2, 0.25) is 5.95 Å². The lowest BCUT2D eigenvalue weighted by Gasteiger charge is -2.36. The summed E-state index contributed by atoms with van der Waals surface area (Å²) in [7, 11) is 0. The lowest BCUT2D eigenvalue weighted by atomic mass is 9.91. The van der Waals surface area contributed by atoms with Crippen molar-refractivity contribution in [2.24, 2.45) is 5.92 Å². The van der Waals surface area contributed by atoms with Crippen molar-refractivity contribution in [3.8, 4) is 0 Å². The third-order valence-electron chi connectivity index (χ3n) is 3.56. The molecule has 1 fully saturated rings. The molecule has 2 heterocycles. The molecule has 2 rings (SSSR count). The average Bonchev–Trinajstić information content (AvgIpc) is 2.41. The topological polar surface area (TPSA) is 70.5 Å². The number of piperidine rings is 1. The normalized spacial score (nSPS) is 22.6. The van der Waals surface area contributed by atoms with Crippen LogP contribution >= 0.6 is 0 Å². The number of carboxylic acids is 1. The third kappa shape index (κ3) is 2.61. The number of carbonyl (C=O) groups is 2. The molecule has 0 spiro atoms. The van der Waals surface area contributed by atoms with Crippen LogP contribution in [0.4, 0.5) is 8.78 Å². The molecular formula is C13H14F2N2O3. The van der Waals surface area contributed by atoms with Gasteiger partial charge < -0.3 is 10.0 Å². The van der Waals surface area contributed by atoms with Crippen LogP contribution in [0.25, 0.3) is 0 Å². The Morgan fingerprint density at radius 1 is 1.45 bits per heavy atom. The maximum atomic E-state index is 13.6. The molecular weight excluding hydrogens is 270 g/mol. The van der Waals surface area contributed by atoms with Gasteiger partial charge in [-0.25, -0.2) is 9.37 Å². The molecule has 7 heteroatoms. The minimum absolute atomic E-state index is 0.209. The van der Waals surface area contributed by atoms with Gasteiger partial charge >= 0.3 is 5.97 Å². The van der Waals surface area contributed by atoms with Gasteiger partial charge in [0.1, 0.15) is 0 Å². The van der Waals surface area contributed by atoms with Crippen molar-refractivity contribution in [2.45, 2.75) is 25.8 Å². The first-order valence-corrected chi connectivity index (χ1v) is 6.25. The van der Waals surface area contributed by atoms with E-state index in [4.69, 9.17) is 5.11 Å². The molecule has 20 heavy (non-hydrogen) atoms. The van der Waals surface area contributed by atoms with Crippen LogP contribution in [0.1, 0.15) is 30.1 Å². The summed E-state index contributed by atoms with van der Waals surface area (Å²) in [4.78, 5) is 27.6. The Balaban J connectivity index is 2.18. The zero-order valence-electron chi connectivity index (χ0n) is 10.8. The minimum Gasteiger partial charge on any atom is -0.481 e. The smallest absolute Gasteiger partial charge is 0.306 e. The van der Waals surface area contributed by atoms with E-state index >= 15 is 0 Å². The van der Waals surface area contributed by atoms with Crippen molar-refractivity contribution >= 4 is 11.9 Å². The fraction of sp³-hybridized carbons (Fsp3) is 0.462. The number of amides is 1. The van der Waals surface area contributed by atoms with Crippen molar-refractivity contribution < 1.29 is 23.5 Å². The van der Waals surface area contributed by atoms with Crippen molar-refractivity contribution in [1.29, 1.82) is 0 Å². The van der Waals surface area contributed by atoms with Crippen LogP contribution < -0.4 is 0 Å². The van der Waals surface area contributed by atoms with Crippen LogP contribution in [0.15, 0.2) is 12.3 Å². The molecule has 1 amide bonds. The highest BCUT2D eigenvalue weighted by Crippen LogP contribution is 2.25. The Morgan fingerprint density at radius 3 is 2.75 bits per heavy atom. The van der Waals surface area contributed by atoms with E-state index in [0.29, 0.717) is 12.8 Å². The monoisotopic (exact) mass is 284 g/mol. The van der Waals surface area contributed by atoms with Crippen molar-refractivity contribution in [2.75, 3.05) is 6.54 Å². The average molecular weight is 284 g/mol. The molecule has 2 unspecified atom stereocenters. The highest BCUT2D eigenvalue weighted by Gasteiger charge is 2.33. The van der Waals surface area contributed by atoms with E-state index in [2.05, 4.69) is 4.98 Å². The molecule has 0 saturated carbocycles. The van der Waals surface area contributed by atoms with Gasteiger partial charge in [0.25, 0.3) is 5.91 Å². The van der Waals surface area contributed by atoms with Gasteiger partial charge in [0, 0.05) is 18.8 Å². The van der Waals surface area contributed by atoms with E-state index in [-0.39, 0.29) is 18.2 Å². The number of halogens is 2. The Kier molecular flexibility index (Phi) is 3.96. The second-order valence-electron chi connectivity index (χ2n) is 4.87. The number of hydrogen-bond acceptors (Lipinski definition) is 3. The number of rotatable bonds is 2. The first-order valence-electron chi connectivity index (χ1n) is 6.25. The molecule has 1 aliphatic rings. The lowest BCUT2D eigenvalue weighted by molar-refractivity contribution is -0.143. The van der Waals surface area contributed by atoms with E-state index in [1.165, 1.54) is 4.90 Å². The number of aromatic nitrogens is 1. The summed E-state index contributed by atoms with van der Waals surface area (Å²) in [6.07, 6.45) is 1.64. The van der Waals surface area contributed by atoms with Crippen LogP contribution in [0.5, 0.6) is 0 Å². The van der Waals surface area contributed by atoms with Crippen molar-refractivity contribution in [3.05, 3.63) is 29.6 Å². The van der Waals surface area contributed by atoms with Crippen LogP contribution in [0.3, 0.4) is 0 Å². The number of nitrogens with zero attached hydrogens (tertiary/aromatic N) is 2. The zero-order chi connectivity index (χ0) is 14.9. The second-order valence-corrected chi connectivity index (χ2v) is 4.87. The first-order chi connectivity index (χ1) is 9.41. The maximum Gasteiger partial charge on any atom is 0.306 e. The van der Waals surface area contributed by atoms with Gasteiger partial charge in [-0.1, -0.05) is 0 Å². The second kappa shape index (κ2) is 5.52. The molecule has 0 aromatic carbocycles. The third-order valence-corrected chi connectivity index (χ3v) is 3.56.